The van der Waals surface area contributed by atoms with E-state index in [1.807, 2.05) is 13.8 Å². The van der Waals surface area contributed by atoms with Crippen molar-refractivity contribution in [3.63, 3.8) is 0 Å². The number of primary amides is 1. The Kier molecular flexibility index (Phi) is 5.98. The first-order valence-corrected chi connectivity index (χ1v) is 11.1. The lowest BCUT2D eigenvalue weighted by Crippen LogP contribution is -2.23. The number of nitrogens with two attached hydrogens (primary N) is 1. The fraction of sp³-hybridized carbons (Fsp3) is 0.286. The highest BCUT2D eigenvalue weighted by atomic mass is 32.2. The second-order valence-electron chi connectivity index (χ2n) is 7.87. The van der Waals surface area contributed by atoms with E-state index in [0.29, 0.717) is 11.1 Å². The van der Waals surface area contributed by atoms with E-state index in [-0.39, 0.29) is 45.2 Å². The average molecular weight is 460 g/mol. The Morgan fingerprint density at radius 2 is 1.75 bits per heavy atom. The van der Waals surface area contributed by atoms with Crippen LogP contribution in [0.1, 0.15) is 41.5 Å². The third-order valence-corrected chi connectivity index (χ3v) is 7.04. The van der Waals surface area contributed by atoms with E-state index in [1.54, 1.807) is 25.1 Å². The number of amides is 1. The number of nitrogens with zero attached hydrogens (tertiary/aromatic N) is 4. The summed E-state index contributed by atoms with van der Waals surface area (Å²) in [5.74, 6) is -1.51. The van der Waals surface area contributed by atoms with E-state index in [2.05, 4.69) is 10.2 Å². The standard InChI is InChI=1S/C21H25N5O5S/c1-11(2)14-9-15(17(28)10-16(14)27)20-23-24-21(19(22)29)26(20)13-7-6-12(3)18(8-13)32(30,31)25(4)5/h6-11,27-28H,1-5H3,(H2,22,29). The largest absolute Gasteiger partial charge is 0.508 e. The number of carbonyl (C=O) groups is 1. The van der Waals surface area contributed by atoms with E-state index in [4.69, 9.17) is 5.73 Å². The molecule has 4 N–H and O–H groups in total. The molecule has 0 radical (unpaired) electrons. The average Bonchev–Trinajstić information content (AvgIpc) is 3.13. The molecule has 3 aromatic rings. The summed E-state index contributed by atoms with van der Waals surface area (Å²) >= 11 is 0. The minimum atomic E-state index is -3.78. The zero-order valence-electron chi connectivity index (χ0n) is 18.4. The van der Waals surface area contributed by atoms with Gasteiger partial charge in [0.15, 0.2) is 5.82 Å². The number of aryl methyl sites for hydroxylation is 1. The summed E-state index contributed by atoms with van der Waals surface area (Å²) in [5, 5.41) is 28.6. The Hall–Kier alpha value is -3.44. The van der Waals surface area contributed by atoms with Crippen LogP contribution in [0.4, 0.5) is 0 Å². The van der Waals surface area contributed by atoms with Gasteiger partial charge >= 0.3 is 0 Å². The summed E-state index contributed by atoms with van der Waals surface area (Å²) in [5.41, 5.74) is 7.02. The minimum Gasteiger partial charge on any atom is -0.508 e. The maximum atomic E-state index is 12.8. The van der Waals surface area contributed by atoms with Gasteiger partial charge in [-0.1, -0.05) is 19.9 Å². The van der Waals surface area contributed by atoms with Crippen LogP contribution in [0, 0.1) is 6.92 Å². The lowest BCUT2D eigenvalue weighted by atomic mass is 9.98. The molecule has 0 saturated carbocycles. The molecule has 0 aliphatic carbocycles. The van der Waals surface area contributed by atoms with Crippen molar-refractivity contribution in [2.75, 3.05) is 14.1 Å². The fourth-order valence-corrected chi connectivity index (χ4v) is 4.44. The van der Waals surface area contributed by atoms with Gasteiger partial charge in [-0.05, 0) is 42.2 Å². The molecule has 1 amide bonds. The lowest BCUT2D eigenvalue weighted by molar-refractivity contribution is 0.0988. The molecule has 2 aromatic carbocycles. The number of sulfonamides is 1. The highest BCUT2D eigenvalue weighted by Crippen LogP contribution is 2.38. The summed E-state index contributed by atoms with van der Waals surface area (Å²) in [6, 6.07) is 7.32. The van der Waals surface area contributed by atoms with Gasteiger partial charge < -0.3 is 15.9 Å². The van der Waals surface area contributed by atoms with Gasteiger partial charge in [0.25, 0.3) is 5.91 Å². The zero-order chi connectivity index (χ0) is 24.0. The van der Waals surface area contributed by atoms with Crippen LogP contribution < -0.4 is 5.73 Å². The van der Waals surface area contributed by atoms with Crippen LogP contribution in [0.5, 0.6) is 11.5 Å². The first-order valence-electron chi connectivity index (χ1n) is 9.71. The lowest BCUT2D eigenvalue weighted by Gasteiger charge is -2.17. The van der Waals surface area contributed by atoms with Crippen molar-refractivity contribution in [1.82, 2.24) is 19.1 Å². The van der Waals surface area contributed by atoms with Crippen molar-refractivity contribution in [3.8, 4) is 28.6 Å². The smallest absolute Gasteiger partial charge is 0.287 e. The van der Waals surface area contributed by atoms with Crippen LogP contribution in [-0.4, -0.2) is 57.7 Å². The minimum absolute atomic E-state index is 0.0351. The van der Waals surface area contributed by atoms with Gasteiger partial charge in [-0.25, -0.2) is 12.7 Å². The third-order valence-electron chi connectivity index (χ3n) is 5.08. The van der Waals surface area contributed by atoms with E-state index >= 15 is 0 Å². The number of aromatic hydroxyl groups is 2. The molecule has 0 aliphatic rings. The number of benzene rings is 2. The quantitative estimate of drug-likeness (QED) is 0.510. The van der Waals surface area contributed by atoms with Gasteiger partial charge in [0, 0.05) is 20.2 Å². The monoisotopic (exact) mass is 459 g/mol. The van der Waals surface area contributed by atoms with Gasteiger partial charge in [0.05, 0.1) is 16.1 Å². The molecular formula is C21H25N5O5S. The molecule has 32 heavy (non-hydrogen) atoms. The first-order chi connectivity index (χ1) is 14.9. The maximum Gasteiger partial charge on any atom is 0.287 e. The number of hydrogen-bond donors (Lipinski definition) is 3. The third kappa shape index (κ3) is 3.92. The van der Waals surface area contributed by atoms with E-state index in [9.17, 15) is 23.4 Å². The number of phenolic OH excluding ortho intramolecular Hbond substituents is 2. The van der Waals surface area contributed by atoms with Crippen LogP contribution in [0.3, 0.4) is 0 Å². The Balaban J connectivity index is 2.35. The van der Waals surface area contributed by atoms with Crippen LogP contribution in [-0.2, 0) is 10.0 Å². The molecular weight excluding hydrogens is 434 g/mol. The van der Waals surface area contributed by atoms with Crippen LogP contribution >= 0.6 is 0 Å². The second kappa shape index (κ2) is 8.24. The summed E-state index contributed by atoms with van der Waals surface area (Å²) in [6.07, 6.45) is 0. The first kappa shape index (κ1) is 23.2. The van der Waals surface area contributed by atoms with Gasteiger partial charge in [-0.3, -0.25) is 9.36 Å². The van der Waals surface area contributed by atoms with Gasteiger partial charge in [0.2, 0.25) is 15.8 Å². The van der Waals surface area contributed by atoms with Crippen molar-refractivity contribution in [2.24, 2.45) is 5.73 Å². The molecule has 170 valence electrons. The van der Waals surface area contributed by atoms with E-state index in [0.717, 1.165) is 4.31 Å². The number of hydrogen-bond acceptors (Lipinski definition) is 7. The van der Waals surface area contributed by atoms with Crippen molar-refractivity contribution >= 4 is 15.9 Å². The number of rotatable bonds is 6. The molecule has 1 aromatic heterocycles. The summed E-state index contributed by atoms with van der Waals surface area (Å²) < 4.78 is 27.9. The molecule has 0 spiro atoms. The molecule has 1 heterocycles. The van der Waals surface area contributed by atoms with Crippen LogP contribution in [0.2, 0.25) is 0 Å². The number of phenols is 2. The molecule has 0 aliphatic heterocycles. The van der Waals surface area contributed by atoms with Crippen molar-refractivity contribution in [2.45, 2.75) is 31.6 Å². The van der Waals surface area contributed by atoms with Crippen LogP contribution in [0.15, 0.2) is 35.2 Å². The SMILES string of the molecule is Cc1ccc(-n2c(C(N)=O)nnc2-c2cc(C(C)C)c(O)cc2O)cc1S(=O)(=O)N(C)C. The predicted molar refractivity (Wildman–Crippen MR) is 118 cm³/mol. The molecule has 3 rings (SSSR count). The molecule has 10 nitrogen and oxygen atoms in total. The summed E-state index contributed by atoms with van der Waals surface area (Å²) in [4.78, 5) is 12.1. The van der Waals surface area contributed by atoms with Crippen molar-refractivity contribution < 1.29 is 23.4 Å². The normalized spacial score (nSPS) is 12.0. The number of aromatic nitrogens is 3. The van der Waals surface area contributed by atoms with Crippen LogP contribution in [0.25, 0.3) is 17.1 Å². The topological polar surface area (TPSA) is 152 Å². The zero-order valence-corrected chi connectivity index (χ0v) is 19.2. The molecule has 0 atom stereocenters. The highest BCUT2D eigenvalue weighted by Gasteiger charge is 2.26. The van der Waals surface area contributed by atoms with E-state index < -0.39 is 15.9 Å². The molecule has 0 fully saturated rings. The summed E-state index contributed by atoms with van der Waals surface area (Å²) in [6.45, 7) is 5.39. The predicted octanol–water partition coefficient (Wildman–Crippen LogP) is 2.13. The van der Waals surface area contributed by atoms with Crippen molar-refractivity contribution in [1.29, 1.82) is 0 Å². The summed E-state index contributed by atoms with van der Waals surface area (Å²) in [7, 11) is -0.945. The van der Waals surface area contributed by atoms with Crippen molar-refractivity contribution in [3.05, 3.63) is 47.3 Å². The Morgan fingerprint density at radius 3 is 2.31 bits per heavy atom. The van der Waals surface area contributed by atoms with E-state index in [1.165, 1.54) is 30.8 Å². The Morgan fingerprint density at radius 1 is 1.09 bits per heavy atom. The molecule has 0 unspecified atom stereocenters. The van der Waals surface area contributed by atoms with Gasteiger partial charge in [-0.2, -0.15) is 0 Å². The van der Waals surface area contributed by atoms with Gasteiger partial charge in [0.1, 0.15) is 11.5 Å². The molecule has 0 bridgehead atoms. The Labute approximate surface area is 186 Å². The fourth-order valence-electron chi connectivity index (χ4n) is 3.30. The highest BCUT2D eigenvalue weighted by molar-refractivity contribution is 7.89. The maximum absolute atomic E-state index is 12.8. The second-order valence-corrected chi connectivity index (χ2v) is 9.99. The van der Waals surface area contributed by atoms with Gasteiger partial charge in [-0.15, -0.1) is 10.2 Å². The number of carbonyl (C=O) groups excluding carboxylic acids is 1. The Bertz CT molecular complexity index is 1310. The molecule has 11 heteroatoms. The molecule has 0 saturated heterocycles.